The second kappa shape index (κ2) is 7.46. The van der Waals surface area contributed by atoms with Gasteiger partial charge >= 0.3 is 5.97 Å². The lowest BCUT2D eigenvalue weighted by Crippen LogP contribution is -2.31. The van der Waals surface area contributed by atoms with E-state index >= 15 is 0 Å². The van der Waals surface area contributed by atoms with Gasteiger partial charge in [-0.15, -0.1) is 0 Å². The van der Waals surface area contributed by atoms with Crippen LogP contribution in [-0.4, -0.2) is 24.9 Å². The summed E-state index contributed by atoms with van der Waals surface area (Å²) >= 11 is 0. The van der Waals surface area contributed by atoms with Crippen LogP contribution >= 0.6 is 0 Å². The van der Waals surface area contributed by atoms with Crippen LogP contribution in [0.25, 0.3) is 0 Å². The molecule has 2 aliphatic rings. The molecule has 0 bridgehead atoms. The van der Waals surface area contributed by atoms with E-state index in [1.807, 2.05) is 0 Å². The van der Waals surface area contributed by atoms with Crippen molar-refractivity contribution in [1.82, 2.24) is 0 Å². The van der Waals surface area contributed by atoms with Crippen LogP contribution in [-0.2, 0) is 9.59 Å². The summed E-state index contributed by atoms with van der Waals surface area (Å²) in [6.07, 6.45) is 3.45. The molecule has 1 heterocycles. The number of anilines is 1. The van der Waals surface area contributed by atoms with Gasteiger partial charge in [0.25, 0.3) is 0 Å². The summed E-state index contributed by atoms with van der Waals surface area (Å²) in [6.45, 7) is 0. The topological polar surface area (TPSA) is 72.9 Å². The molecule has 0 unspecified atom stereocenters. The van der Waals surface area contributed by atoms with Gasteiger partial charge in [-0.3, -0.25) is 14.5 Å². The molecule has 1 aliphatic carbocycles. The number of hydrogen-bond acceptors (Lipinski definition) is 5. The summed E-state index contributed by atoms with van der Waals surface area (Å²) in [6, 6.07) is 13.3. The number of carbonyl (C=O) groups excluding carboxylic acids is 3. The second-order valence-electron chi connectivity index (χ2n) is 7.10. The van der Waals surface area contributed by atoms with Gasteiger partial charge in [-0.1, -0.05) is 31.0 Å². The third-order valence-electron chi connectivity index (χ3n) is 5.45. The van der Waals surface area contributed by atoms with E-state index < -0.39 is 5.97 Å². The molecule has 6 heteroatoms. The Morgan fingerprint density at radius 3 is 2.21 bits per heavy atom. The Labute approximate surface area is 163 Å². The van der Waals surface area contributed by atoms with Gasteiger partial charge in [0.05, 0.1) is 30.2 Å². The fraction of sp³-hybridized carbons (Fsp3) is 0.318. The Morgan fingerprint density at radius 2 is 1.57 bits per heavy atom. The number of fused-ring (bicyclic) bond motifs is 1. The predicted molar refractivity (Wildman–Crippen MR) is 102 cm³/mol. The van der Waals surface area contributed by atoms with Crippen LogP contribution in [0.5, 0.6) is 11.5 Å². The maximum atomic E-state index is 12.8. The number of rotatable bonds is 4. The maximum absolute atomic E-state index is 12.8. The molecule has 0 radical (unpaired) electrons. The number of ether oxygens (including phenoxy) is 2. The van der Waals surface area contributed by atoms with Crippen LogP contribution in [0.2, 0.25) is 0 Å². The Hall–Kier alpha value is -3.15. The van der Waals surface area contributed by atoms with Crippen LogP contribution in [0.15, 0.2) is 48.5 Å². The highest BCUT2D eigenvalue weighted by Crippen LogP contribution is 2.40. The van der Waals surface area contributed by atoms with E-state index in [-0.39, 0.29) is 29.2 Å². The molecular formula is C22H21NO5. The molecule has 4 rings (SSSR count). The van der Waals surface area contributed by atoms with Crippen molar-refractivity contribution in [1.29, 1.82) is 0 Å². The molecule has 2 amide bonds. The Balaban J connectivity index is 1.59. The Kier molecular flexibility index (Phi) is 4.86. The SMILES string of the molecule is COc1ccccc1OC(=O)c1cccc(N2C(=O)[C@@H]3CCCC[C@H]3C2=O)c1. The molecule has 2 aromatic carbocycles. The van der Waals surface area contributed by atoms with Crippen molar-refractivity contribution in [3.63, 3.8) is 0 Å². The first-order chi connectivity index (χ1) is 13.6. The van der Waals surface area contributed by atoms with Gasteiger partial charge in [-0.05, 0) is 43.2 Å². The molecule has 0 aromatic heterocycles. The predicted octanol–water partition coefficient (Wildman–Crippen LogP) is 3.59. The van der Waals surface area contributed by atoms with Crippen molar-refractivity contribution < 1.29 is 23.9 Å². The van der Waals surface area contributed by atoms with Gasteiger partial charge in [0.15, 0.2) is 11.5 Å². The van der Waals surface area contributed by atoms with E-state index in [1.54, 1.807) is 42.5 Å². The average molecular weight is 379 g/mol. The van der Waals surface area contributed by atoms with Crippen molar-refractivity contribution in [2.24, 2.45) is 11.8 Å². The molecule has 28 heavy (non-hydrogen) atoms. The van der Waals surface area contributed by atoms with E-state index in [0.717, 1.165) is 25.7 Å². The second-order valence-corrected chi connectivity index (χ2v) is 7.10. The number of methoxy groups -OCH3 is 1. The molecule has 0 spiro atoms. The molecule has 1 aliphatic heterocycles. The lowest BCUT2D eigenvalue weighted by atomic mass is 9.81. The molecule has 0 N–H and O–H groups in total. The first-order valence-corrected chi connectivity index (χ1v) is 9.43. The summed E-state index contributed by atoms with van der Waals surface area (Å²) in [4.78, 5) is 39.4. The van der Waals surface area contributed by atoms with Gasteiger partial charge in [0.1, 0.15) is 0 Å². The van der Waals surface area contributed by atoms with E-state index in [0.29, 0.717) is 17.2 Å². The number of amides is 2. The van der Waals surface area contributed by atoms with Gasteiger partial charge in [-0.25, -0.2) is 4.79 Å². The molecular weight excluding hydrogens is 358 g/mol. The minimum atomic E-state index is -0.581. The van der Waals surface area contributed by atoms with Crippen molar-refractivity contribution in [3.8, 4) is 11.5 Å². The van der Waals surface area contributed by atoms with Crippen LogP contribution in [0.1, 0.15) is 36.0 Å². The molecule has 2 fully saturated rings. The van der Waals surface area contributed by atoms with Crippen LogP contribution < -0.4 is 14.4 Å². The summed E-state index contributed by atoms with van der Waals surface area (Å²) < 4.78 is 10.6. The molecule has 144 valence electrons. The molecule has 6 nitrogen and oxygen atoms in total. The van der Waals surface area contributed by atoms with Crippen molar-refractivity contribution in [2.45, 2.75) is 25.7 Å². The molecule has 2 atom stereocenters. The number of hydrogen-bond donors (Lipinski definition) is 0. The highest BCUT2D eigenvalue weighted by Gasteiger charge is 2.48. The fourth-order valence-electron chi connectivity index (χ4n) is 4.05. The van der Waals surface area contributed by atoms with Gasteiger partial charge in [0.2, 0.25) is 11.8 Å². The number of benzene rings is 2. The van der Waals surface area contributed by atoms with E-state index in [1.165, 1.54) is 18.1 Å². The lowest BCUT2D eigenvalue weighted by molar-refractivity contribution is -0.122. The minimum Gasteiger partial charge on any atom is -0.493 e. The number of carbonyl (C=O) groups is 3. The van der Waals surface area contributed by atoms with Crippen LogP contribution in [0.3, 0.4) is 0 Å². The van der Waals surface area contributed by atoms with E-state index in [4.69, 9.17) is 9.47 Å². The third kappa shape index (κ3) is 3.15. The quantitative estimate of drug-likeness (QED) is 0.461. The number of esters is 1. The third-order valence-corrected chi connectivity index (χ3v) is 5.45. The fourth-order valence-corrected chi connectivity index (χ4v) is 4.05. The monoisotopic (exact) mass is 379 g/mol. The first-order valence-electron chi connectivity index (χ1n) is 9.43. The van der Waals surface area contributed by atoms with Crippen molar-refractivity contribution >= 4 is 23.5 Å². The van der Waals surface area contributed by atoms with Crippen molar-refractivity contribution in [3.05, 3.63) is 54.1 Å². The number of imide groups is 1. The Morgan fingerprint density at radius 1 is 0.929 bits per heavy atom. The summed E-state index contributed by atoms with van der Waals surface area (Å²) in [7, 11) is 1.50. The lowest BCUT2D eigenvalue weighted by Gasteiger charge is -2.19. The highest BCUT2D eigenvalue weighted by atomic mass is 16.6. The molecule has 1 saturated heterocycles. The zero-order valence-electron chi connectivity index (χ0n) is 15.6. The smallest absolute Gasteiger partial charge is 0.343 e. The van der Waals surface area contributed by atoms with Crippen LogP contribution in [0.4, 0.5) is 5.69 Å². The zero-order chi connectivity index (χ0) is 19.7. The number of para-hydroxylation sites is 2. The highest BCUT2D eigenvalue weighted by molar-refractivity contribution is 6.22. The normalized spacial score (nSPS) is 21.4. The van der Waals surface area contributed by atoms with Crippen LogP contribution in [0, 0.1) is 11.8 Å². The zero-order valence-corrected chi connectivity index (χ0v) is 15.6. The average Bonchev–Trinajstić information content (AvgIpc) is 2.99. The Bertz CT molecular complexity index is 914. The van der Waals surface area contributed by atoms with Gasteiger partial charge in [-0.2, -0.15) is 0 Å². The van der Waals surface area contributed by atoms with Crippen molar-refractivity contribution in [2.75, 3.05) is 12.0 Å². The standard InChI is InChI=1S/C22H21NO5/c1-27-18-11-4-5-12-19(18)28-22(26)14-7-6-8-15(13-14)23-20(24)16-9-2-3-10-17(16)21(23)25/h4-8,11-13,16-17H,2-3,9-10H2,1H3/t16-,17-/m1/s1. The maximum Gasteiger partial charge on any atom is 0.343 e. The van der Waals surface area contributed by atoms with Gasteiger partial charge in [0, 0.05) is 0 Å². The minimum absolute atomic E-state index is 0.162. The largest absolute Gasteiger partial charge is 0.493 e. The number of nitrogens with zero attached hydrogens (tertiary/aromatic N) is 1. The van der Waals surface area contributed by atoms with E-state index in [2.05, 4.69) is 0 Å². The van der Waals surface area contributed by atoms with E-state index in [9.17, 15) is 14.4 Å². The summed E-state index contributed by atoms with van der Waals surface area (Å²) in [5, 5.41) is 0. The molecule has 1 saturated carbocycles. The summed E-state index contributed by atoms with van der Waals surface area (Å²) in [5.41, 5.74) is 0.678. The summed E-state index contributed by atoms with van der Waals surface area (Å²) in [5.74, 6) is -0.616. The first kappa shape index (κ1) is 18.2. The van der Waals surface area contributed by atoms with Gasteiger partial charge < -0.3 is 9.47 Å². The molecule has 2 aromatic rings.